The summed E-state index contributed by atoms with van der Waals surface area (Å²) in [5.74, 6) is 0.971. The highest BCUT2D eigenvalue weighted by atomic mass is 15.2. The van der Waals surface area contributed by atoms with Crippen LogP contribution in [0, 0.1) is 0 Å². The third-order valence-electron chi connectivity index (χ3n) is 2.36. The van der Waals surface area contributed by atoms with Crippen LogP contribution in [0.1, 0.15) is 5.69 Å². The zero-order chi connectivity index (χ0) is 10.7. The van der Waals surface area contributed by atoms with Crippen LogP contribution in [0.2, 0.25) is 0 Å². The fraction of sp³-hybridized carbons (Fsp3) is 0.273. The van der Waals surface area contributed by atoms with Crippen molar-refractivity contribution in [3.8, 4) is 0 Å². The van der Waals surface area contributed by atoms with Crippen molar-refractivity contribution in [1.29, 1.82) is 0 Å². The third-order valence-corrected chi connectivity index (χ3v) is 2.36. The highest BCUT2D eigenvalue weighted by molar-refractivity contribution is 5.36. The molecule has 0 saturated heterocycles. The van der Waals surface area contributed by atoms with Crippen LogP contribution in [0.4, 0.5) is 5.82 Å². The molecule has 0 aliphatic rings. The topological polar surface area (TPSA) is 34.0 Å². The van der Waals surface area contributed by atoms with Crippen LogP contribution in [-0.2, 0) is 13.6 Å². The van der Waals surface area contributed by atoms with Crippen LogP contribution in [0.3, 0.4) is 0 Å². The molecular weight excluding hydrogens is 188 g/mol. The molecule has 2 heterocycles. The first-order valence-electron chi connectivity index (χ1n) is 4.85. The molecule has 2 aromatic rings. The van der Waals surface area contributed by atoms with Gasteiger partial charge in [0, 0.05) is 26.5 Å². The summed E-state index contributed by atoms with van der Waals surface area (Å²) in [6, 6.07) is 5.90. The maximum atomic E-state index is 4.29. The van der Waals surface area contributed by atoms with Crippen LogP contribution >= 0.6 is 0 Å². The monoisotopic (exact) mass is 202 g/mol. The Morgan fingerprint density at radius 3 is 2.87 bits per heavy atom. The molecule has 78 valence electrons. The SMILES string of the molecule is CN(Cc1cncn1C)c1ccccn1. The molecule has 0 spiro atoms. The number of pyridine rings is 1. The molecule has 4 heteroatoms. The van der Waals surface area contributed by atoms with Gasteiger partial charge < -0.3 is 9.47 Å². The van der Waals surface area contributed by atoms with Crippen molar-refractivity contribution in [2.24, 2.45) is 7.05 Å². The Morgan fingerprint density at radius 1 is 1.40 bits per heavy atom. The lowest BCUT2D eigenvalue weighted by Crippen LogP contribution is -2.19. The van der Waals surface area contributed by atoms with Gasteiger partial charge in [0.1, 0.15) is 5.82 Å². The summed E-state index contributed by atoms with van der Waals surface area (Å²) < 4.78 is 2.01. The Hall–Kier alpha value is -1.84. The number of aromatic nitrogens is 3. The first kappa shape index (κ1) is 9.71. The minimum absolute atomic E-state index is 0.813. The maximum absolute atomic E-state index is 4.29. The van der Waals surface area contributed by atoms with E-state index in [4.69, 9.17) is 0 Å². The van der Waals surface area contributed by atoms with Gasteiger partial charge in [0.25, 0.3) is 0 Å². The summed E-state index contributed by atoms with van der Waals surface area (Å²) in [4.78, 5) is 10.5. The van der Waals surface area contributed by atoms with E-state index >= 15 is 0 Å². The van der Waals surface area contributed by atoms with Crippen molar-refractivity contribution in [1.82, 2.24) is 14.5 Å². The minimum Gasteiger partial charge on any atom is -0.354 e. The van der Waals surface area contributed by atoms with Crippen LogP contribution < -0.4 is 4.90 Å². The number of hydrogen-bond donors (Lipinski definition) is 0. The number of rotatable bonds is 3. The van der Waals surface area contributed by atoms with E-state index in [1.165, 1.54) is 5.69 Å². The van der Waals surface area contributed by atoms with E-state index in [0.29, 0.717) is 0 Å². The third kappa shape index (κ3) is 2.15. The van der Waals surface area contributed by atoms with Crippen molar-refractivity contribution in [2.75, 3.05) is 11.9 Å². The lowest BCUT2D eigenvalue weighted by molar-refractivity contribution is 0.781. The fourth-order valence-electron chi connectivity index (χ4n) is 1.44. The lowest BCUT2D eigenvalue weighted by Gasteiger charge is -2.17. The first-order valence-corrected chi connectivity index (χ1v) is 4.85. The van der Waals surface area contributed by atoms with Crippen molar-refractivity contribution in [3.05, 3.63) is 42.6 Å². The fourth-order valence-corrected chi connectivity index (χ4v) is 1.44. The molecule has 0 unspecified atom stereocenters. The standard InChI is InChI=1S/C11H14N4/c1-14(11-5-3-4-6-13-11)8-10-7-12-9-15(10)2/h3-7,9H,8H2,1-2H3. The number of nitrogens with zero attached hydrogens (tertiary/aromatic N) is 4. The Kier molecular flexibility index (Phi) is 2.67. The highest BCUT2D eigenvalue weighted by Crippen LogP contribution is 2.10. The van der Waals surface area contributed by atoms with Crippen LogP contribution in [0.15, 0.2) is 36.9 Å². The van der Waals surface area contributed by atoms with E-state index in [0.717, 1.165) is 12.4 Å². The molecule has 0 bridgehead atoms. The Bertz CT molecular complexity index is 421. The molecule has 2 aromatic heterocycles. The minimum atomic E-state index is 0.813. The molecule has 0 aliphatic heterocycles. The largest absolute Gasteiger partial charge is 0.354 e. The molecule has 0 N–H and O–H groups in total. The molecule has 0 amide bonds. The van der Waals surface area contributed by atoms with E-state index in [1.54, 1.807) is 6.20 Å². The van der Waals surface area contributed by atoms with Crippen LogP contribution in [0.25, 0.3) is 0 Å². The van der Waals surface area contributed by atoms with E-state index in [1.807, 2.05) is 49.4 Å². The maximum Gasteiger partial charge on any atom is 0.128 e. The first-order chi connectivity index (χ1) is 7.27. The zero-order valence-electron chi connectivity index (χ0n) is 8.96. The summed E-state index contributed by atoms with van der Waals surface area (Å²) in [5, 5.41) is 0. The Morgan fingerprint density at radius 2 is 2.27 bits per heavy atom. The predicted molar refractivity (Wildman–Crippen MR) is 59.6 cm³/mol. The van der Waals surface area contributed by atoms with E-state index in [9.17, 15) is 0 Å². The molecular formula is C11H14N4. The molecule has 0 aliphatic carbocycles. The summed E-state index contributed by atoms with van der Waals surface area (Å²) in [6.45, 7) is 0.813. The smallest absolute Gasteiger partial charge is 0.128 e. The summed E-state index contributed by atoms with van der Waals surface area (Å²) >= 11 is 0. The summed E-state index contributed by atoms with van der Waals surface area (Å²) in [6.07, 6.45) is 5.48. The second-order valence-corrected chi connectivity index (χ2v) is 3.54. The molecule has 0 aromatic carbocycles. The highest BCUT2D eigenvalue weighted by Gasteiger charge is 2.04. The van der Waals surface area contributed by atoms with Gasteiger partial charge in [-0.15, -0.1) is 0 Å². The molecule has 4 nitrogen and oxygen atoms in total. The van der Waals surface area contributed by atoms with E-state index in [2.05, 4.69) is 14.9 Å². The molecule has 0 fully saturated rings. The molecule has 0 atom stereocenters. The van der Waals surface area contributed by atoms with Crippen molar-refractivity contribution in [3.63, 3.8) is 0 Å². The Labute approximate surface area is 89.2 Å². The van der Waals surface area contributed by atoms with Crippen molar-refractivity contribution in [2.45, 2.75) is 6.54 Å². The summed E-state index contributed by atoms with van der Waals surface area (Å²) in [5.41, 5.74) is 1.17. The number of aryl methyl sites for hydroxylation is 1. The second-order valence-electron chi connectivity index (χ2n) is 3.54. The lowest BCUT2D eigenvalue weighted by atomic mass is 10.4. The van der Waals surface area contributed by atoms with E-state index < -0.39 is 0 Å². The normalized spacial score (nSPS) is 10.3. The zero-order valence-corrected chi connectivity index (χ0v) is 8.96. The van der Waals surface area contributed by atoms with E-state index in [-0.39, 0.29) is 0 Å². The van der Waals surface area contributed by atoms with Gasteiger partial charge in [-0.2, -0.15) is 0 Å². The number of imidazole rings is 1. The predicted octanol–water partition coefficient (Wildman–Crippen LogP) is 1.45. The van der Waals surface area contributed by atoms with Crippen LogP contribution in [-0.4, -0.2) is 21.6 Å². The van der Waals surface area contributed by atoms with Gasteiger partial charge in [0.15, 0.2) is 0 Å². The van der Waals surface area contributed by atoms with Gasteiger partial charge >= 0.3 is 0 Å². The Balaban J connectivity index is 2.11. The average Bonchev–Trinajstić information content (AvgIpc) is 2.66. The molecule has 2 rings (SSSR count). The number of hydrogen-bond acceptors (Lipinski definition) is 3. The second kappa shape index (κ2) is 4.13. The van der Waals surface area contributed by atoms with Crippen molar-refractivity contribution >= 4 is 5.82 Å². The van der Waals surface area contributed by atoms with Gasteiger partial charge in [-0.05, 0) is 12.1 Å². The van der Waals surface area contributed by atoms with Crippen LogP contribution in [0.5, 0.6) is 0 Å². The van der Waals surface area contributed by atoms with Gasteiger partial charge in [-0.25, -0.2) is 9.97 Å². The quantitative estimate of drug-likeness (QED) is 0.755. The van der Waals surface area contributed by atoms with Gasteiger partial charge in [0.05, 0.1) is 18.6 Å². The summed E-state index contributed by atoms with van der Waals surface area (Å²) in [7, 11) is 4.02. The number of anilines is 1. The molecule has 0 radical (unpaired) electrons. The molecule has 15 heavy (non-hydrogen) atoms. The molecule has 0 saturated carbocycles. The average molecular weight is 202 g/mol. The van der Waals surface area contributed by atoms with Gasteiger partial charge in [-0.3, -0.25) is 0 Å². The van der Waals surface area contributed by atoms with Gasteiger partial charge in [-0.1, -0.05) is 6.07 Å². The van der Waals surface area contributed by atoms with Crippen molar-refractivity contribution < 1.29 is 0 Å². The van der Waals surface area contributed by atoms with Gasteiger partial charge in [0.2, 0.25) is 0 Å².